The molecule has 0 saturated carbocycles. The van der Waals surface area contributed by atoms with Gasteiger partial charge in [0, 0.05) is 11.8 Å². The molecule has 2 rings (SSSR count). The Kier molecular flexibility index (Phi) is 5.83. The molecule has 0 aliphatic carbocycles. The Labute approximate surface area is 134 Å². The zero-order valence-electron chi connectivity index (χ0n) is 12.7. The van der Waals surface area contributed by atoms with E-state index in [1.165, 1.54) is 7.11 Å². The number of methoxy groups -OCH3 is 1. The number of hydrogen-bond donors (Lipinski definition) is 2. The Bertz CT molecular complexity index is 696. The van der Waals surface area contributed by atoms with E-state index in [-0.39, 0.29) is 13.2 Å². The van der Waals surface area contributed by atoms with Crippen LogP contribution in [0.5, 0.6) is 5.75 Å². The van der Waals surface area contributed by atoms with E-state index in [0.29, 0.717) is 11.4 Å². The summed E-state index contributed by atoms with van der Waals surface area (Å²) in [6.07, 6.45) is -0.565. The molecule has 2 aromatic rings. The summed E-state index contributed by atoms with van der Waals surface area (Å²) in [5.74, 6) is 0.476. The van der Waals surface area contributed by atoms with Crippen molar-refractivity contribution in [3.05, 3.63) is 54.1 Å². The summed E-state index contributed by atoms with van der Waals surface area (Å²) in [6, 6.07) is 16.5. The molecule has 23 heavy (non-hydrogen) atoms. The number of carbonyl (C=O) groups excluding carboxylic acids is 1. The van der Waals surface area contributed by atoms with Gasteiger partial charge in [-0.05, 0) is 17.7 Å². The minimum absolute atomic E-state index is 0.190. The highest BCUT2D eigenvalue weighted by atomic mass is 16.5. The van der Waals surface area contributed by atoms with Crippen molar-refractivity contribution in [2.24, 2.45) is 0 Å². The highest BCUT2D eigenvalue weighted by Crippen LogP contribution is 2.28. The van der Waals surface area contributed by atoms with Gasteiger partial charge in [0.15, 0.2) is 0 Å². The molecule has 0 fully saturated rings. The zero-order valence-corrected chi connectivity index (χ0v) is 12.7. The fourth-order valence-electron chi connectivity index (χ4n) is 1.92. The Balaban J connectivity index is 1.96. The van der Waals surface area contributed by atoms with Crippen LogP contribution in [0.25, 0.3) is 0 Å². The highest BCUT2D eigenvalue weighted by molar-refractivity contribution is 5.87. The summed E-state index contributed by atoms with van der Waals surface area (Å²) in [6.45, 7) is 0.381. The monoisotopic (exact) mass is 311 g/mol. The van der Waals surface area contributed by atoms with Crippen LogP contribution in [0.2, 0.25) is 0 Å². The van der Waals surface area contributed by atoms with E-state index in [0.717, 1.165) is 11.3 Å². The van der Waals surface area contributed by atoms with E-state index in [2.05, 4.69) is 10.6 Å². The predicted molar refractivity (Wildman–Crippen MR) is 87.3 cm³/mol. The Morgan fingerprint density at radius 3 is 2.70 bits per heavy atom. The molecule has 1 amide bonds. The fourth-order valence-corrected chi connectivity index (χ4v) is 1.92. The molecule has 6 heteroatoms. The maximum absolute atomic E-state index is 11.9. The number of nitriles is 1. The molecule has 0 aromatic heterocycles. The molecule has 2 aromatic carbocycles. The van der Waals surface area contributed by atoms with E-state index in [1.54, 1.807) is 18.2 Å². The van der Waals surface area contributed by atoms with Crippen molar-refractivity contribution >= 4 is 17.5 Å². The molecule has 0 radical (unpaired) electrons. The average molecular weight is 311 g/mol. The number of rotatable bonds is 6. The van der Waals surface area contributed by atoms with Gasteiger partial charge >= 0.3 is 6.09 Å². The topological polar surface area (TPSA) is 83.4 Å². The first-order valence-electron chi connectivity index (χ1n) is 6.99. The van der Waals surface area contributed by atoms with E-state index >= 15 is 0 Å². The fraction of sp³-hybridized carbons (Fsp3) is 0.176. The molecule has 0 saturated heterocycles. The second-order valence-electron chi connectivity index (χ2n) is 4.61. The summed E-state index contributed by atoms with van der Waals surface area (Å²) in [7, 11) is 1.50. The van der Waals surface area contributed by atoms with Crippen LogP contribution >= 0.6 is 0 Å². The van der Waals surface area contributed by atoms with Gasteiger partial charge in [-0.2, -0.15) is 5.26 Å². The molecule has 2 N–H and O–H groups in total. The lowest BCUT2D eigenvalue weighted by molar-refractivity contribution is 0.155. The van der Waals surface area contributed by atoms with Gasteiger partial charge in [0.1, 0.15) is 18.9 Å². The summed E-state index contributed by atoms with van der Waals surface area (Å²) in [5, 5.41) is 14.1. The van der Waals surface area contributed by atoms with Crippen molar-refractivity contribution < 1.29 is 14.3 Å². The van der Waals surface area contributed by atoms with Crippen LogP contribution in [0.3, 0.4) is 0 Å². The van der Waals surface area contributed by atoms with Gasteiger partial charge in [0.05, 0.1) is 18.9 Å². The van der Waals surface area contributed by atoms with E-state index in [9.17, 15) is 4.79 Å². The minimum Gasteiger partial charge on any atom is -0.494 e. The molecule has 0 heterocycles. The first kappa shape index (κ1) is 16.2. The van der Waals surface area contributed by atoms with Crippen molar-refractivity contribution in [1.82, 2.24) is 0 Å². The standard InChI is InChI=1S/C17H17N3O3/c1-22-16-11-14(19-10-9-18)7-8-15(16)20-17(21)23-12-13-5-3-2-4-6-13/h2-8,11,19H,10,12H2,1H3,(H,20,21). The van der Waals surface area contributed by atoms with Gasteiger partial charge in [0.2, 0.25) is 0 Å². The first-order valence-corrected chi connectivity index (χ1v) is 6.99. The largest absolute Gasteiger partial charge is 0.494 e. The van der Waals surface area contributed by atoms with Gasteiger partial charge in [-0.25, -0.2) is 4.79 Å². The van der Waals surface area contributed by atoms with E-state index in [4.69, 9.17) is 14.7 Å². The summed E-state index contributed by atoms with van der Waals surface area (Å²) in [4.78, 5) is 11.9. The number of anilines is 2. The molecule has 6 nitrogen and oxygen atoms in total. The Morgan fingerprint density at radius 1 is 1.22 bits per heavy atom. The molecule has 0 unspecified atom stereocenters. The number of nitrogens with one attached hydrogen (secondary N) is 2. The molecular weight excluding hydrogens is 294 g/mol. The van der Waals surface area contributed by atoms with Crippen LogP contribution in [0.15, 0.2) is 48.5 Å². The number of ether oxygens (including phenoxy) is 2. The zero-order chi connectivity index (χ0) is 16.5. The molecule has 0 aliphatic rings. The normalized spacial score (nSPS) is 9.57. The third kappa shape index (κ3) is 4.93. The van der Waals surface area contributed by atoms with Crippen LogP contribution in [-0.2, 0) is 11.3 Å². The number of benzene rings is 2. The molecular formula is C17H17N3O3. The molecule has 0 atom stereocenters. The summed E-state index contributed by atoms with van der Waals surface area (Å²) >= 11 is 0. The molecule has 0 bridgehead atoms. The van der Waals surface area contributed by atoms with E-state index < -0.39 is 6.09 Å². The maximum Gasteiger partial charge on any atom is 0.412 e. The van der Waals surface area contributed by atoms with Crippen molar-refractivity contribution in [2.45, 2.75) is 6.61 Å². The van der Waals surface area contributed by atoms with Gasteiger partial charge < -0.3 is 14.8 Å². The van der Waals surface area contributed by atoms with Gasteiger partial charge in [-0.1, -0.05) is 30.3 Å². The number of carbonyl (C=O) groups is 1. The van der Waals surface area contributed by atoms with Crippen molar-refractivity contribution in [3.8, 4) is 11.8 Å². The van der Waals surface area contributed by atoms with Gasteiger partial charge in [-0.15, -0.1) is 0 Å². The smallest absolute Gasteiger partial charge is 0.412 e. The third-order valence-corrected chi connectivity index (χ3v) is 3.02. The Hall–Kier alpha value is -3.20. The minimum atomic E-state index is -0.565. The van der Waals surface area contributed by atoms with Gasteiger partial charge in [0.25, 0.3) is 0 Å². The van der Waals surface area contributed by atoms with Crippen LogP contribution in [0.4, 0.5) is 16.2 Å². The lowest BCUT2D eigenvalue weighted by atomic mass is 10.2. The molecule has 118 valence electrons. The number of nitrogens with zero attached hydrogens (tertiary/aromatic N) is 1. The van der Waals surface area contributed by atoms with Crippen molar-refractivity contribution in [3.63, 3.8) is 0 Å². The first-order chi connectivity index (χ1) is 11.2. The van der Waals surface area contributed by atoms with Crippen LogP contribution in [-0.4, -0.2) is 19.7 Å². The SMILES string of the molecule is COc1cc(NCC#N)ccc1NC(=O)OCc1ccccc1. The third-order valence-electron chi connectivity index (χ3n) is 3.02. The van der Waals surface area contributed by atoms with E-state index in [1.807, 2.05) is 36.4 Å². The number of hydrogen-bond acceptors (Lipinski definition) is 5. The lowest BCUT2D eigenvalue weighted by Gasteiger charge is -2.12. The second-order valence-corrected chi connectivity index (χ2v) is 4.61. The lowest BCUT2D eigenvalue weighted by Crippen LogP contribution is -2.14. The Morgan fingerprint density at radius 2 is 2.00 bits per heavy atom. The second kappa shape index (κ2) is 8.29. The highest BCUT2D eigenvalue weighted by Gasteiger charge is 2.09. The predicted octanol–water partition coefficient (Wildman–Crippen LogP) is 3.38. The average Bonchev–Trinajstić information content (AvgIpc) is 2.60. The number of amides is 1. The summed E-state index contributed by atoms with van der Waals surface area (Å²) < 4.78 is 10.4. The maximum atomic E-state index is 11.9. The molecule has 0 spiro atoms. The summed E-state index contributed by atoms with van der Waals surface area (Å²) in [5.41, 5.74) is 2.13. The quantitative estimate of drug-likeness (QED) is 0.799. The molecule has 0 aliphatic heterocycles. The van der Waals surface area contributed by atoms with Gasteiger partial charge in [-0.3, -0.25) is 5.32 Å². The van der Waals surface area contributed by atoms with Crippen LogP contribution in [0.1, 0.15) is 5.56 Å². The van der Waals surface area contributed by atoms with Crippen molar-refractivity contribution in [1.29, 1.82) is 5.26 Å². The van der Waals surface area contributed by atoms with Crippen molar-refractivity contribution in [2.75, 3.05) is 24.3 Å². The van der Waals surface area contributed by atoms with Crippen LogP contribution in [0, 0.1) is 11.3 Å². The van der Waals surface area contributed by atoms with Crippen LogP contribution < -0.4 is 15.4 Å².